The van der Waals surface area contributed by atoms with Crippen molar-refractivity contribution < 1.29 is 18.7 Å². The summed E-state index contributed by atoms with van der Waals surface area (Å²) in [5.74, 6) is -3.09. The monoisotopic (exact) mass is 306 g/mol. The summed E-state index contributed by atoms with van der Waals surface area (Å²) in [5.41, 5.74) is 0.318. The van der Waals surface area contributed by atoms with E-state index in [0.717, 1.165) is 12.1 Å². The third kappa shape index (κ3) is 3.65. The standard InChI is InChI=1S/C16H16F2N2O2/c1-10(15-12(17)3-2-4-13(15)18)16(22)20-9-14(21)11-5-7-19-8-6-11/h2-8,10,14,21H,9H2,1H3,(H,20,22). The van der Waals surface area contributed by atoms with E-state index >= 15 is 0 Å². The fraction of sp³-hybridized carbons (Fsp3) is 0.250. The molecule has 1 amide bonds. The number of halogens is 2. The molecular weight excluding hydrogens is 290 g/mol. The molecule has 22 heavy (non-hydrogen) atoms. The van der Waals surface area contributed by atoms with Gasteiger partial charge in [0.1, 0.15) is 11.6 Å². The van der Waals surface area contributed by atoms with Crippen LogP contribution in [0.3, 0.4) is 0 Å². The zero-order valence-electron chi connectivity index (χ0n) is 12.0. The number of hydrogen-bond acceptors (Lipinski definition) is 3. The van der Waals surface area contributed by atoms with Crippen molar-refractivity contribution >= 4 is 5.91 Å². The highest BCUT2D eigenvalue weighted by molar-refractivity contribution is 5.83. The summed E-state index contributed by atoms with van der Waals surface area (Å²) in [5, 5.41) is 12.4. The highest BCUT2D eigenvalue weighted by Gasteiger charge is 2.23. The van der Waals surface area contributed by atoms with Crippen LogP contribution in [0.15, 0.2) is 42.7 Å². The van der Waals surface area contributed by atoms with Crippen molar-refractivity contribution in [3.63, 3.8) is 0 Å². The predicted molar refractivity (Wildman–Crippen MR) is 77.0 cm³/mol. The van der Waals surface area contributed by atoms with Crippen molar-refractivity contribution in [1.82, 2.24) is 10.3 Å². The van der Waals surface area contributed by atoms with E-state index in [1.54, 1.807) is 12.1 Å². The second-order valence-corrected chi connectivity index (χ2v) is 4.90. The molecule has 0 radical (unpaired) electrons. The summed E-state index contributed by atoms with van der Waals surface area (Å²) in [6.07, 6.45) is 2.14. The van der Waals surface area contributed by atoms with Gasteiger partial charge >= 0.3 is 0 Å². The van der Waals surface area contributed by atoms with Crippen molar-refractivity contribution in [2.45, 2.75) is 18.9 Å². The van der Waals surface area contributed by atoms with Gasteiger partial charge in [-0.15, -0.1) is 0 Å². The molecule has 0 aliphatic heterocycles. The Morgan fingerprint density at radius 3 is 2.41 bits per heavy atom. The summed E-state index contributed by atoms with van der Waals surface area (Å²) in [6.45, 7) is 1.36. The lowest BCUT2D eigenvalue weighted by Crippen LogP contribution is -2.32. The Morgan fingerprint density at radius 2 is 1.82 bits per heavy atom. The molecule has 2 atom stereocenters. The molecule has 1 aromatic heterocycles. The van der Waals surface area contributed by atoms with E-state index in [1.807, 2.05) is 0 Å². The molecule has 6 heteroatoms. The van der Waals surface area contributed by atoms with Gasteiger partial charge in [-0.3, -0.25) is 9.78 Å². The zero-order chi connectivity index (χ0) is 16.1. The third-order valence-electron chi connectivity index (χ3n) is 3.39. The molecule has 0 fully saturated rings. The Balaban J connectivity index is 2.00. The van der Waals surface area contributed by atoms with E-state index in [0.29, 0.717) is 5.56 Å². The van der Waals surface area contributed by atoms with Gasteiger partial charge in [0.15, 0.2) is 0 Å². The van der Waals surface area contributed by atoms with Crippen LogP contribution in [-0.2, 0) is 4.79 Å². The molecule has 0 bridgehead atoms. The fourth-order valence-electron chi connectivity index (χ4n) is 2.11. The zero-order valence-corrected chi connectivity index (χ0v) is 12.0. The highest BCUT2D eigenvalue weighted by Crippen LogP contribution is 2.22. The molecule has 1 aromatic carbocycles. The summed E-state index contributed by atoms with van der Waals surface area (Å²) in [6, 6.07) is 6.70. The predicted octanol–water partition coefficient (Wildman–Crippen LogP) is 2.31. The van der Waals surface area contributed by atoms with E-state index in [4.69, 9.17) is 0 Å². The number of carbonyl (C=O) groups excluding carboxylic acids is 1. The van der Waals surface area contributed by atoms with Gasteiger partial charge in [-0.25, -0.2) is 8.78 Å². The second-order valence-electron chi connectivity index (χ2n) is 4.90. The molecule has 0 saturated carbocycles. The first-order valence-corrected chi connectivity index (χ1v) is 6.80. The highest BCUT2D eigenvalue weighted by atomic mass is 19.1. The van der Waals surface area contributed by atoms with Crippen LogP contribution in [0.2, 0.25) is 0 Å². The number of rotatable bonds is 5. The topological polar surface area (TPSA) is 62.2 Å². The van der Waals surface area contributed by atoms with Gasteiger partial charge < -0.3 is 10.4 Å². The van der Waals surface area contributed by atoms with E-state index in [1.165, 1.54) is 25.4 Å². The molecule has 0 spiro atoms. The SMILES string of the molecule is CC(C(=O)NCC(O)c1ccncc1)c1c(F)cccc1F. The summed E-state index contributed by atoms with van der Waals surface area (Å²) in [7, 11) is 0. The van der Waals surface area contributed by atoms with Crippen molar-refractivity contribution in [2.75, 3.05) is 6.54 Å². The second kappa shape index (κ2) is 7.09. The first-order valence-electron chi connectivity index (χ1n) is 6.80. The van der Waals surface area contributed by atoms with Gasteiger partial charge in [0.05, 0.1) is 12.0 Å². The van der Waals surface area contributed by atoms with Crippen LogP contribution in [0, 0.1) is 11.6 Å². The minimum atomic E-state index is -0.995. The number of amides is 1. The largest absolute Gasteiger partial charge is 0.387 e. The number of carbonyl (C=O) groups is 1. The number of hydrogen-bond donors (Lipinski definition) is 2. The smallest absolute Gasteiger partial charge is 0.227 e. The molecule has 0 aliphatic rings. The van der Waals surface area contributed by atoms with Gasteiger partial charge in [-0.1, -0.05) is 6.07 Å². The number of nitrogens with zero attached hydrogens (tertiary/aromatic N) is 1. The first-order chi connectivity index (χ1) is 10.5. The molecule has 0 aliphatic carbocycles. The minimum Gasteiger partial charge on any atom is -0.387 e. The van der Waals surface area contributed by atoms with E-state index < -0.39 is 29.6 Å². The normalized spacial score (nSPS) is 13.5. The third-order valence-corrected chi connectivity index (χ3v) is 3.39. The van der Waals surface area contributed by atoms with Crippen molar-refractivity contribution in [2.24, 2.45) is 0 Å². The van der Waals surface area contributed by atoms with E-state index in [9.17, 15) is 18.7 Å². The van der Waals surface area contributed by atoms with Crippen LogP contribution in [0.4, 0.5) is 8.78 Å². The maximum Gasteiger partial charge on any atom is 0.227 e. The average molecular weight is 306 g/mol. The van der Waals surface area contributed by atoms with Gasteiger partial charge in [-0.05, 0) is 36.8 Å². The maximum absolute atomic E-state index is 13.6. The lowest BCUT2D eigenvalue weighted by atomic mass is 9.99. The van der Waals surface area contributed by atoms with Crippen LogP contribution < -0.4 is 5.32 Å². The Labute approximate surface area is 126 Å². The van der Waals surface area contributed by atoms with Crippen molar-refractivity contribution in [1.29, 1.82) is 0 Å². The van der Waals surface area contributed by atoms with Gasteiger partial charge in [0.2, 0.25) is 5.91 Å². The molecule has 0 saturated heterocycles. The number of aromatic nitrogens is 1. The molecule has 116 valence electrons. The van der Waals surface area contributed by atoms with Crippen LogP contribution in [0.1, 0.15) is 30.1 Å². The Bertz CT molecular complexity index is 630. The lowest BCUT2D eigenvalue weighted by molar-refractivity contribution is -0.122. The number of aliphatic hydroxyl groups is 1. The minimum absolute atomic E-state index is 0.0523. The molecule has 2 unspecified atom stereocenters. The Hall–Kier alpha value is -2.34. The molecular formula is C16H16F2N2O2. The average Bonchev–Trinajstić information content (AvgIpc) is 2.52. The van der Waals surface area contributed by atoms with Crippen LogP contribution >= 0.6 is 0 Å². The maximum atomic E-state index is 13.6. The molecule has 2 aromatic rings. The summed E-state index contributed by atoms with van der Waals surface area (Å²) < 4.78 is 27.3. The Kier molecular flexibility index (Phi) is 5.16. The van der Waals surface area contributed by atoms with E-state index in [2.05, 4.69) is 10.3 Å². The van der Waals surface area contributed by atoms with Crippen molar-refractivity contribution in [3.8, 4) is 0 Å². The molecule has 2 N–H and O–H groups in total. The molecule has 1 heterocycles. The lowest BCUT2D eigenvalue weighted by Gasteiger charge is -2.16. The van der Waals surface area contributed by atoms with Crippen LogP contribution in [-0.4, -0.2) is 22.5 Å². The van der Waals surface area contributed by atoms with Crippen LogP contribution in [0.25, 0.3) is 0 Å². The summed E-state index contributed by atoms with van der Waals surface area (Å²) in [4.78, 5) is 15.8. The first kappa shape index (κ1) is 16.0. The molecule has 2 rings (SSSR count). The summed E-state index contributed by atoms with van der Waals surface area (Å²) >= 11 is 0. The molecule has 4 nitrogen and oxygen atoms in total. The van der Waals surface area contributed by atoms with Crippen molar-refractivity contribution in [3.05, 3.63) is 65.5 Å². The quantitative estimate of drug-likeness (QED) is 0.891. The van der Waals surface area contributed by atoms with Crippen LogP contribution in [0.5, 0.6) is 0 Å². The fourth-order valence-corrected chi connectivity index (χ4v) is 2.11. The number of aliphatic hydroxyl groups excluding tert-OH is 1. The number of pyridine rings is 1. The Morgan fingerprint density at radius 1 is 1.23 bits per heavy atom. The van der Waals surface area contributed by atoms with Gasteiger partial charge in [-0.2, -0.15) is 0 Å². The van der Waals surface area contributed by atoms with Gasteiger partial charge in [0.25, 0.3) is 0 Å². The van der Waals surface area contributed by atoms with Gasteiger partial charge in [0, 0.05) is 24.5 Å². The van der Waals surface area contributed by atoms with E-state index in [-0.39, 0.29) is 12.1 Å². The number of benzene rings is 1. The number of nitrogens with one attached hydrogen (secondary N) is 1.